The largest absolute Gasteiger partial charge is 0.366 e. The summed E-state index contributed by atoms with van der Waals surface area (Å²) in [5.74, 6) is 1.30. The maximum absolute atomic E-state index is 6.08. The molecule has 0 N–H and O–H groups in total. The number of piperazine rings is 1. The van der Waals surface area contributed by atoms with Gasteiger partial charge in [-0.3, -0.25) is 4.90 Å². The molecule has 0 radical (unpaired) electrons. The van der Waals surface area contributed by atoms with E-state index in [1.165, 1.54) is 5.69 Å². The number of anilines is 1. The van der Waals surface area contributed by atoms with Crippen LogP contribution in [0, 0.1) is 5.92 Å². The molecule has 2 atom stereocenters. The van der Waals surface area contributed by atoms with Gasteiger partial charge in [-0.05, 0) is 31.0 Å². The third kappa shape index (κ3) is 4.01. The molecule has 1 aliphatic heterocycles. The number of hydrogen-bond donors (Lipinski definition) is 0. The summed E-state index contributed by atoms with van der Waals surface area (Å²) in [6.07, 6.45) is 0. The Bertz CT molecular complexity index is 411. The average Bonchev–Trinajstić information content (AvgIpc) is 2.38. The summed E-state index contributed by atoms with van der Waals surface area (Å²) in [6, 6.07) is 8.64. The molecule has 0 spiro atoms. The third-order valence-corrected chi connectivity index (χ3v) is 4.45. The highest BCUT2D eigenvalue weighted by molar-refractivity contribution is 6.30. The van der Waals surface area contributed by atoms with E-state index in [0.717, 1.165) is 37.1 Å². The monoisotopic (exact) mass is 300 g/mol. The van der Waals surface area contributed by atoms with Gasteiger partial charge >= 0.3 is 0 Å². The van der Waals surface area contributed by atoms with Gasteiger partial charge in [0, 0.05) is 48.8 Å². The van der Waals surface area contributed by atoms with Gasteiger partial charge in [-0.15, -0.1) is 11.6 Å². The van der Waals surface area contributed by atoms with E-state index in [9.17, 15) is 0 Å². The first kappa shape index (κ1) is 15.0. The molecule has 19 heavy (non-hydrogen) atoms. The lowest BCUT2D eigenvalue weighted by atomic mass is 10.1. The highest BCUT2D eigenvalue weighted by Crippen LogP contribution is 2.24. The van der Waals surface area contributed by atoms with Crippen LogP contribution in [-0.2, 0) is 0 Å². The summed E-state index contributed by atoms with van der Waals surface area (Å²) in [4.78, 5) is 4.95. The lowest BCUT2D eigenvalue weighted by Crippen LogP contribution is -2.53. The number of rotatable bonds is 4. The Morgan fingerprint density at radius 2 is 2.16 bits per heavy atom. The van der Waals surface area contributed by atoms with Crippen molar-refractivity contribution >= 4 is 28.9 Å². The van der Waals surface area contributed by atoms with E-state index in [2.05, 4.69) is 35.8 Å². The molecule has 1 heterocycles. The third-order valence-electron chi connectivity index (χ3n) is 3.68. The van der Waals surface area contributed by atoms with Gasteiger partial charge in [-0.2, -0.15) is 0 Å². The van der Waals surface area contributed by atoms with Crippen molar-refractivity contribution in [2.24, 2.45) is 5.92 Å². The Kier molecular flexibility index (Phi) is 5.37. The molecule has 0 saturated carbocycles. The standard InChI is InChI=1S/C15H22Cl2N2/c1-12(9-16)10-18-6-7-19(13(2)11-18)15-5-3-4-14(17)8-15/h3-5,8,12-13H,6-7,9-11H2,1-2H3. The van der Waals surface area contributed by atoms with Crippen LogP contribution in [0.3, 0.4) is 0 Å². The second kappa shape index (κ2) is 6.83. The summed E-state index contributed by atoms with van der Waals surface area (Å²) < 4.78 is 0. The van der Waals surface area contributed by atoms with Crippen molar-refractivity contribution in [1.29, 1.82) is 0 Å². The van der Waals surface area contributed by atoms with Crippen LogP contribution >= 0.6 is 23.2 Å². The summed E-state index contributed by atoms with van der Waals surface area (Å²) in [5, 5.41) is 0.808. The van der Waals surface area contributed by atoms with Crippen LogP contribution in [-0.4, -0.2) is 43.0 Å². The maximum Gasteiger partial charge on any atom is 0.0426 e. The van der Waals surface area contributed by atoms with E-state index >= 15 is 0 Å². The molecule has 1 fully saturated rings. The fourth-order valence-corrected chi connectivity index (χ4v) is 3.01. The maximum atomic E-state index is 6.08. The van der Waals surface area contributed by atoms with Crippen LogP contribution in [0.4, 0.5) is 5.69 Å². The van der Waals surface area contributed by atoms with Crippen molar-refractivity contribution in [3.8, 4) is 0 Å². The second-order valence-electron chi connectivity index (χ2n) is 5.54. The number of benzene rings is 1. The molecular weight excluding hydrogens is 279 g/mol. The summed E-state index contributed by atoms with van der Waals surface area (Å²) >= 11 is 12.0. The molecule has 2 nitrogen and oxygen atoms in total. The lowest BCUT2D eigenvalue weighted by Gasteiger charge is -2.42. The highest BCUT2D eigenvalue weighted by atomic mass is 35.5. The molecule has 1 aliphatic rings. The van der Waals surface area contributed by atoms with E-state index in [1.807, 2.05) is 12.1 Å². The van der Waals surface area contributed by atoms with Crippen molar-refractivity contribution < 1.29 is 0 Å². The summed E-state index contributed by atoms with van der Waals surface area (Å²) in [5.41, 5.74) is 1.23. The van der Waals surface area contributed by atoms with Crippen LogP contribution < -0.4 is 4.90 Å². The Hall–Kier alpha value is -0.440. The van der Waals surface area contributed by atoms with Crippen LogP contribution in [0.15, 0.2) is 24.3 Å². The van der Waals surface area contributed by atoms with E-state index < -0.39 is 0 Å². The average molecular weight is 301 g/mol. The lowest BCUT2D eigenvalue weighted by molar-refractivity contribution is 0.207. The first-order valence-electron chi connectivity index (χ1n) is 6.90. The van der Waals surface area contributed by atoms with Crippen LogP contribution in [0.1, 0.15) is 13.8 Å². The zero-order valence-corrected chi connectivity index (χ0v) is 13.2. The number of hydrogen-bond acceptors (Lipinski definition) is 2. The van der Waals surface area contributed by atoms with E-state index in [1.54, 1.807) is 0 Å². The fourth-order valence-electron chi connectivity index (χ4n) is 2.73. The zero-order valence-electron chi connectivity index (χ0n) is 11.6. The molecule has 4 heteroatoms. The molecule has 0 amide bonds. The van der Waals surface area contributed by atoms with Crippen molar-refractivity contribution in [3.63, 3.8) is 0 Å². The fraction of sp³-hybridized carbons (Fsp3) is 0.600. The minimum atomic E-state index is 0.509. The van der Waals surface area contributed by atoms with Crippen LogP contribution in [0.25, 0.3) is 0 Å². The minimum absolute atomic E-state index is 0.509. The van der Waals surface area contributed by atoms with Gasteiger partial charge in [0.25, 0.3) is 0 Å². The first-order valence-corrected chi connectivity index (χ1v) is 7.82. The molecule has 1 aromatic carbocycles. The topological polar surface area (TPSA) is 6.48 Å². The molecule has 1 aromatic rings. The van der Waals surface area contributed by atoms with Crippen molar-refractivity contribution in [2.45, 2.75) is 19.9 Å². The van der Waals surface area contributed by atoms with Gasteiger partial charge in [0.05, 0.1) is 0 Å². The van der Waals surface area contributed by atoms with Crippen molar-refractivity contribution in [2.75, 3.05) is 37.0 Å². The van der Waals surface area contributed by atoms with E-state index in [4.69, 9.17) is 23.2 Å². The predicted molar refractivity (Wildman–Crippen MR) is 84.6 cm³/mol. The summed E-state index contributed by atoms with van der Waals surface area (Å²) in [7, 11) is 0. The smallest absolute Gasteiger partial charge is 0.0426 e. The SMILES string of the molecule is CC(CCl)CN1CCN(c2cccc(Cl)c2)C(C)C1. The van der Waals surface area contributed by atoms with Gasteiger partial charge < -0.3 is 4.90 Å². The van der Waals surface area contributed by atoms with Crippen molar-refractivity contribution in [1.82, 2.24) is 4.90 Å². The van der Waals surface area contributed by atoms with E-state index in [0.29, 0.717) is 12.0 Å². The number of alkyl halides is 1. The molecule has 2 unspecified atom stereocenters. The minimum Gasteiger partial charge on any atom is -0.366 e. The van der Waals surface area contributed by atoms with Crippen molar-refractivity contribution in [3.05, 3.63) is 29.3 Å². The molecule has 0 aliphatic carbocycles. The molecule has 106 valence electrons. The Labute approximate surface area is 126 Å². The van der Waals surface area contributed by atoms with Gasteiger partial charge in [-0.25, -0.2) is 0 Å². The zero-order chi connectivity index (χ0) is 13.8. The first-order chi connectivity index (χ1) is 9.10. The highest BCUT2D eigenvalue weighted by Gasteiger charge is 2.24. The Morgan fingerprint density at radius 1 is 1.37 bits per heavy atom. The normalized spacial score (nSPS) is 22.5. The molecular formula is C15H22Cl2N2. The number of nitrogens with zero attached hydrogens (tertiary/aromatic N) is 2. The quantitative estimate of drug-likeness (QED) is 0.782. The Morgan fingerprint density at radius 3 is 2.79 bits per heavy atom. The van der Waals surface area contributed by atoms with Crippen LogP contribution in [0.2, 0.25) is 5.02 Å². The van der Waals surface area contributed by atoms with E-state index in [-0.39, 0.29) is 0 Å². The molecule has 0 aromatic heterocycles. The summed E-state index contributed by atoms with van der Waals surface area (Å²) in [6.45, 7) is 8.82. The van der Waals surface area contributed by atoms with Gasteiger partial charge in [-0.1, -0.05) is 24.6 Å². The van der Waals surface area contributed by atoms with Gasteiger partial charge in [0.1, 0.15) is 0 Å². The molecule has 2 rings (SSSR count). The second-order valence-corrected chi connectivity index (χ2v) is 6.29. The Balaban J connectivity index is 1.97. The van der Waals surface area contributed by atoms with Gasteiger partial charge in [0.2, 0.25) is 0 Å². The molecule has 1 saturated heterocycles. The van der Waals surface area contributed by atoms with Gasteiger partial charge in [0.15, 0.2) is 0 Å². The number of halogens is 2. The predicted octanol–water partition coefficient (Wildman–Crippen LogP) is 3.73. The molecule has 0 bridgehead atoms. The van der Waals surface area contributed by atoms with Crippen LogP contribution in [0.5, 0.6) is 0 Å².